The molecule has 4 amide bonds. The number of carbonyl (C=O) groups excluding carboxylic acids is 6. The smallest absolute Gasteiger partial charge is 0.311 e. The number of hydrogen-bond acceptors (Lipinski definition) is 9. The second-order valence-electron chi connectivity index (χ2n) is 13.5. The van der Waals surface area contributed by atoms with Crippen LogP contribution in [0.1, 0.15) is 76.2 Å². The maximum Gasteiger partial charge on any atom is 0.311 e. The molecule has 2 aromatic heterocycles. The largest absolute Gasteiger partial charge is 0.469 e. The highest BCUT2D eigenvalue weighted by molar-refractivity contribution is 6.36. The van der Waals surface area contributed by atoms with Gasteiger partial charge in [0.1, 0.15) is 24.0 Å². The standard InChI is InChI=1S/C33H45N7O8/c1-6-35-29(45)25(41)10-9-22(36-28(44)24-16-34-19-39(24)4)27(43)37-23-8-7-11-40(30(23)46)17-26(42)38-33-13-20(2)12-21(15-33)14-32(3,18-33)31(47)48-5/h7-8,11,16,19-22H,6,9-10,12-15,17-18H2,1-5H3,(H,35,45)(H,36,44)(H,37,43)(H,38,42)/t20?,21?,22-,32?,33?/m0/s1. The summed E-state index contributed by atoms with van der Waals surface area (Å²) in [4.78, 5) is 94.1. The third-order valence-corrected chi connectivity index (χ3v) is 9.22. The number of amides is 4. The minimum absolute atomic E-state index is 0.148. The highest BCUT2D eigenvalue weighted by Crippen LogP contribution is 2.52. The van der Waals surface area contributed by atoms with E-state index in [1.165, 1.54) is 42.5 Å². The molecule has 4 N–H and O–H groups in total. The molecule has 2 aliphatic carbocycles. The number of carbonyl (C=O) groups is 6. The van der Waals surface area contributed by atoms with E-state index in [9.17, 15) is 33.6 Å². The quantitative estimate of drug-likeness (QED) is 0.178. The van der Waals surface area contributed by atoms with Crippen molar-refractivity contribution >= 4 is 41.1 Å². The molecule has 0 saturated heterocycles. The Morgan fingerprint density at radius 2 is 1.90 bits per heavy atom. The van der Waals surface area contributed by atoms with Gasteiger partial charge in [-0.15, -0.1) is 0 Å². The van der Waals surface area contributed by atoms with E-state index in [0.717, 1.165) is 17.4 Å². The molecule has 48 heavy (non-hydrogen) atoms. The highest BCUT2D eigenvalue weighted by Gasteiger charge is 2.53. The average Bonchev–Trinajstić information content (AvgIpc) is 3.45. The number of esters is 1. The average molecular weight is 668 g/mol. The summed E-state index contributed by atoms with van der Waals surface area (Å²) in [7, 11) is 2.96. The van der Waals surface area contributed by atoms with Crippen molar-refractivity contribution in [2.75, 3.05) is 19.0 Å². The summed E-state index contributed by atoms with van der Waals surface area (Å²) in [6.45, 7) is 5.58. The van der Waals surface area contributed by atoms with Crippen LogP contribution in [0.5, 0.6) is 0 Å². The summed E-state index contributed by atoms with van der Waals surface area (Å²) in [5.41, 5.74) is -2.02. The van der Waals surface area contributed by atoms with Gasteiger partial charge in [-0.25, -0.2) is 4.98 Å². The Morgan fingerprint density at radius 1 is 1.15 bits per heavy atom. The van der Waals surface area contributed by atoms with Gasteiger partial charge in [-0.05, 0) is 76.3 Å². The zero-order chi connectivity index (χ0) is 35.2. The Balaban J connectivity index is 1.49. The summed E-state index contributed by atoms with van der Waals surface area (Å²) in [6, 6.07) is 1.57. The molecule has 2 fully saturated rings. The molecule has 2 heterocycles. The first-order valence-corrected chi connectivity index (χ1v) is 16.2. The summed E-state index contributed by atoms with van der Waals surface area (Å²) in [6.07, 6.45) is 7.07. The van der Waals surface area contributed by atoms with Crippen molar-refractivity contribution in [2.24, 2.45) is 24.3 Å². The fraction of sp³-hybridized carbons (Fsp3) is 0.576. The molecule has 0 aromatic carbocycles. The molecule has 0 spiro atoms. The number of ketones is 1. The van der Waals surface area contributed by atoms with Gasteiger partial charge in [0.2, 0.25) is 17.6 Å². The summed E-state index contributed by atoms with van der Waals surface area (Å²) >= 11 is 0. The number of rotatable bonds is 13. The van der Waals surface area contributed by atoms with E-state index in [1.54, 1.807) is 14.0 Å². The van der Waals surface area contributed by atoms with Crippen LogP contribution in [0, 0.1) is 17.3 Å². The molecule has 15 nitrogen and oxygen atoms in total. The lowest BCUT2D eigenvalue weighted by molar-refractivity contribution is -0.159. The molecule has 2 aliphatic rings. The van der Waals surface area contributed by atoms with Crippen molar-refractivity contribution < 1.29 is 33.5 Å². The van der Waals surface area contributed by atoms with E-state index in [0.29, 0.717) is 25.2 Å². The number of anilines is 1. The number of Topliss-reactive ketones (excluding diaryl/α,β-unsaturated/α-hetero) is 1. The number of pyridine rings is 1. The maximum atomic E-state index is 13.4. The lowest BCUT2D eigenvalue weighted by Gasteiger charge is -2.53. The maximum absolute atomic E-state index is 13.4. The predicted octanol–water partition coefficient (Wildman–Crippen LogP) is 1.07. The monoisotopic (exact) mass is 667 g/mol. The fourth-order valence-electron chi connectivity index (χ4n) is 7.53. The van der Waals surface area contributed by atoms with Crippen LogP contribution in [0.4, 0.5) is 5.69 Å². The van der Waals surface area contributed by atoms with Gasteiger partial charge in [-0.1, -0.05) is 6.92 Å². The van der Waals surface area contributed by atoms with Gasteiger partial charge >= 0.3 is 5.97 Å². The van der Waals surface area contributed by atoms with E-state index in [4.69, 9.17) is 4.74 Å². The second kappa shape index (κ2) is 14.9. The Kier molecular flexibility index (Phi) is 11.2. The van der Waals surface area contributed by atoms with E-state index in [-0.39, 0.29) is 49.2 Å². The molecular formula is C33H45N7O8. The van der Waals surface area contributed by atoms with Crippen molar-refractivity contribution in [3.63, 3.8) is 0 Å². The number of ether oxygens (including phenoxy) is 1. The van der Waals surface area contributed by atoms with E-state index in [1.807, 2.05) is 6.92 Å². The Bertz CT molecular complexity index is 1630. The number of methoxy groups -OCH3 is 1. The zero-order valence-corrected chi connectivity index (χ0v) is 28.1. The molecule has 5 atom stereocenters. The van der Waals surface area contributed by atoms with Crippen LogP contribution in [-0.4, -0.2) is 74.7 Å². The number of nitrogens with one attached hydrogen (secondary N) is 4. The SMILES string of the molecule is CCNC(=O)C(=O)CC[C@H](NC(=O)c1cncn1C)C(=O)Nc1cccn(CC(=O)NC23CC(C)CC(C2)CC(C)(C(=O)OC)C3)c1=O. The third kappa shape index (κ3) is 8.36. The number of nitrogens with zero attached hydrogens (tertiary/aromatic N) is 3. The van der Waals surface area contributed by atoms with Crippen LogP contribution in [0.15, 0.2) is 35.6 Å². The number of aromatic nitrogens is 3. The molecule has 2 bridgehead atoms. The minimum atomic E-state index is -1.29. The number of likely N-dealkylation sites (N-methyl/N-ethyl adjacent to an activating group) is 1. The molecule has 0 radical (unpaired) electrons. The minimum Gasteiger partial charge on any atom is -0.469 e. The van der Waals surface area contributed by atoms with Crippen molar-refractivity contribution in [3.8, 4) is 0 Å². The first-order chi connectivity index (χ1) is 22.7. The van der Waals surface area contributed by atoms with Crippen molar-refractivity contribution in [3.05, 3.63) is 46.9 Å². The number of hydrogen-bond donors (Lipinski definition) is 4. The van der Waals surface area contributed by atoms with Gasteiger partial charge in [-0.3, -0.25) is 33.6 Å². The second-order valence-corrected chi connectivity index (χ2v) is 13.5. The van der Waals surface area contributed by atoms with E-state index in [2.05, 4.69) is 33.2 Å². The van der Waals surface area contributed by atoms with Gasteiger partial charge in [0.05, 0.1) is 25.0 Å². The van der Waals surface area contributed by atoms with Gasteiger partial charge in [0, 0.05) is 31.7 Å². The van der Waals surface area contributed by atoms with Crippen LogP contribution in [-0.2, 0) is 42.3 Å². The van der Waals surface area contributed by atoms with Crippen molar-refractivity contribution in [2.45, 2.75) is 83.8 Å². The van der Waals surface area contributed by atoms with Crippen LogP contribution in [0.3, 0.4) is 0 Å². The number of fused-ring (bicyclic) bond motifs is 2. The van der Waals surface area contributed by atoms with Crippen molar-refractivity contribution in [1.29, 1.82) is 0 Å². The molecular weight excluding hydrogens is 622 g/mol. The summed E-state index contributed by atoms with van der Waals surface area (Å²) in [5.74, 6) is -3.13. The van der Waals surface area contributed by atoms with Gasteiger partial charge in [0.25, 0.3) is 17.4 Å². The molecule has 4 unspecified atom stereocenters. The highest BCUT2D eigenvalue weighted by atomic mass is 16.5. The topological polar surface area (TPSA) is 200 Å². The van der Waals surface area contributed by atoms with Gasteiger partial charge < -0.3 is 35.1 Å². The zero-order valence-electron chi connectivity index (χ0n) is 28.1. The number of imidazole rings is 1. The molecule has 4 rings (SSSR count). The molecule has 2 aromatic rings. The lowest BCUT2D eigenvalue weighted by Crippen LogP contribution is -2.60. The third-order valence-electron chi connectivity index (χ3n) is 9.22. The number of aryl methyl sites for hydroxylation is 1. The summed E-state index contributed by atoms with van der Waals surface area (Å²) in [5, 5.41) is 10.6. The molecule has 15 heteroatoms. The lowest BCUT2D eigenvalue weighted by atomic mass is 9.56. The first-order valence-electron chi connectivity index (χ1n) is 16.2. The van der Waals surface area contributed by atoms with Gasteiger partial charge in [-0.2, -0.15) is 0 Å². The molecule has 260 valence electrons. The van der Waals surface area contributed by atoms with Crippen LogP contribution in [0.25, 0.3) is 0 Å². The Hall–Kier alpha value is -4.82. The van der Waals surface area contributed by atoms with Crippen LogP contribution < -0.4 is 26.8 Å². The molecule has 2 saturated carbocycles. The van der Waals surface area contributed by atoms with Crippen molar-refractivity contribution in [1.82, 2.24) is 30.1 Å². The first kappa shape index (κ1) is 36.0. The Morgan fingerprint density at radius 3 is 2.56 bits per heavy atom. The fourth-order valence-corrected chi connectivity index (χ4v) is 7.53. The van der Waals surface area contributed by atoms with Crippen LogP contribution in [0.2, 0.25) is 0 Å². The van der Waals surface area contributed by atoms with E-state index < -0.39 is 52.0 Å². The summed E-state index contributed by atoms with van der Waals surface area (Å²) < 4.78 is 7.72. The predicted molar refractivity (Wildman–Crippen MR) is 173 cm³/mol. The molecule has 0 aliphatic heterocycles. The normalized spacial score (nSPS) is 23.7. The van der Waals surface area contributed by atoms with Crippen LogP contribution >= 0.6 is 0 Å². The van der Waals surface area contributed by atoms with Gasteiger partial charge in [0.15, 0.2) is 0 Å². The Labute approximate surface area is 278 Å². The van der Waals surface area contributed by atoms with E-state index >= 15 is 0 Å².